The summed E-state index contributed by atoms with van der Waals surface area (Å²) in [4.78, 5) is 10.5. The van der Waals surface area contributed by atoms with E-state index >= 15 is 0 Å². The largest absolute Gasteiger partial charge is 0.448 e. The van der Waals surface area contributed by atoms with Gasteiger partial charge >= 0.3 is 5.97 Å². The predicted molar refractivity (Wildman–Crippen MR) is 58.4 cm³/mol. The van der Waals surface area contributed by atoms with Crippen molar-refractivity contribution in [1.29, 1.82) is 0 Å². The molecule has 1 saturated heterocycles. The van der Waals surface area contributed by atoms with Gasteiger partial charge in [-0.05, 0) is 5.56 Å². The first-order valence-corrected chi connectivity index (χ1v) is 5.14. The lowest BCUT2D eigenvalue weighted by Gasteiger charge is -2.19. The third-order valence-corrected chi connectivity index (χ3v) is 2.17. The molecule has 1 aliphatic rings. The Labute approximate surface area is 94.4 Å². The third-order valence-electron chi connectivity index (χ3n) is 2.17. The number of hydrogen-bond donors (Lipinski definition) is 0. The maximum Gasteiger partial charge on any atom is 0.311 e. The van der Waals surface area contributed by atoms with Gasteiger partial charge < -0.3 is 9.47 Å². The molecular formula is C13H12O3. The van der Waals surface area contributed by atoms with Gasteiger partial charge in [0, 0.05) is 0 Å². The zero-order valence-electron chi connectivity index (χ0n) is 8.81. The molecule has 0 N–H and O–H groups in total. The summed E-state index contributed by atoms with van der Waals surface area (Å²) >= 11 is 0. The number of carbonyl (C=O) groups excluding carboxylic acids is 1. The maximum atomic E-state index is 10.5. The van der Waals surface area contributed by atoms with Crippen LogP contribution in [0.2, 0.25) is 0 Å². The molecule has 0 amide bonds. The molecule has 3 nitrogen and oxygen atoms in total. The fraction of sp³-hybridized carbons (Fsp3) is 0.308. The Bertz CT molecular complexity index is 406. The lowest BCUT2D eigenvalue weighted by atomic mass is 10.2. The zero-order chi connectivity index (χ0) is 11.2. The summed E-state index contributed by atoms with van der Waals surface area (Å²) in [7, 11) is 0. The topological polar surface area (TPSA) is 35.5 Å². The monoisotopic (exact) mass is 216 g/mol. The van der Waals surface area contributed by atoms with Gasteiger partial charge in [-0.1, -0.05) is 42.2 Å². The Kier molecular flexibility index (Phi) is 3.58. The summed E-state index contributed by atoms with van der Waals surface area (Å²) in [5, 5.41) is 0. The molecule has 1 aromatic carbocycles. The van der Waals surface area contributed by atoms with E-state index in [1.165, 1.54) is 0 Å². The number of rotatable bonds is 3. The van der Waals surface area contributed by atoms with Crippen LogP contribution in [-0.2, 0) is 20.9 Å². The Morgan fingerprint density at radius 2 is 2.12 bits per heavy atom. The summed E-state index contributed by atoms with van der Waals surface area (Å²) < 4.78 is 10.1. The molecule has 3 heteroatoms. The fourth-order valence-electron chi connectivity index (χ4n) is 1.33. The molecule has 0 aromatic heterocycles. The van der Waals surface area contributed by atoms with E-state index in [0.717, 1.165) is 5.56 Å². The highest BCUT2D eigenvalue weighted by atomic mass is 16.6. The quantitative estimate of drug-likeness (QED) is 0.436. The van der Waals surface area contributed by atoms with E-state index in [2.05, 4.69) is 11.8 Å². The van der Waals surface area contributed by atoms with Crippen molar-refractivity contribution in [3.8, 4) is 11.8 Å². The van der Waals surface area contributed by atoms with Crippen molar-refractivity contribution in [2.45, 2.75) is 19.1 Å². The van der Waals surface area contributed by atoms with Crippen LogP contribution in [0.3, 0.4) is 0 Å². The number of esters is 1. The third kappa shape index (κ3) is 3.11. The fourth-order valence-corrected chi connectivity index (χ4v) is 1.33. The first-order valence-electron chi connectivity index (χ1n) is 5.14. The minimum Gasteiger partial charge on any atom is -0.448 e. The van der Waals surface area contributed by atoms with Crippen molar-refractivity contribution in [3.05, 3.63) is 35.9 Å². The lowest BCUT2D eigenvalue weighted by molar-refractivity contribution is -0.163. The first-order chi connectivity index (χ1) is 7.84. The van der Waals surface area contributed by atoms with Gasteiger partial charge in [-0.2, -0.15) is 0 Å². The highest BCUT2D eigenvalue weighted by Gasteiger charge is 2.25. The summed E-state index contributed by atoms with van der Waals surface area (Å²) in [6, 6.07) is 9.91. The van der Waals surface area contributed by atoms with Gasteiger partial charge in [0.05, 0.1) is 13.0 Å². The Morgan fingerprint density at radius 1 is 1.38 bits per heavy atom. The molecule has 0 radical (unpaired) electrons. The van der Waals surface area contributed by atoms with Crippen LogP contribution in [0, 0.1) is 11.8 Å². The van der Waals surface area contributed by atoms with E-state index in [9.17, 15) is 4.79 Å². The van der Waals surface area contributed by atoms with Crippen LogP contribution >= 0.6 is 0 Å². The Morgan fingerprint density at radius 3 is 2.81 bits per heavy atom. The number of carbonyl (C=O) groups is 1. The summed E-state index contributed by atoms with van der Waals surface area (Å²) in [6.45, 7) is 0.920. The van der Waals surface area contributed by atoms with Crippen LogP contribution in [0.1, 0.15) is 12.0 Å². The minimum absolute atomic E-state index is 0.176. The van der Waals surface area contributed by atoms with Crippen molar-refractivity contribution in [1.82, 2.24) is 0 Å². The van der Waals surface area contributed by atoms with Gasteiger partial charge in [-0.25, -0.2) is 0 Å². The standard InChI is InChI=1S/C13H12O3/c14-13-9-12(16-13)7-4-8-15-10-11-5-2-1-3-6-11/h1-3,5-6,12H,8-10H2/t12-/m1/s1. The molecule has 0 saturated carbocycles. The lowest BCUT2D eigenvalue weighted by Crippen LogP contribution is -2.31. The van der Waals surface area contributed by atoms with E-state index in [0.29, 0.717) is 19.6 Å². The molecular weight excluding hydrogens is 204 g/mol. The van der Waals surface area contributed by atoms with Crippen LogP contribution in [-0.4, -0.2) is 18.7 Å². The maximum absolute atomic E-state index is 10.5. The zero-order valence-corrected chi connectivity index (χ0v) is 8.81. The molecule has 1 aromatic rings. The number of hydrogen-bond acceptors (Lipinski definition) is 3. The van der Waals surface area contributed by atoms with E-state index in [4.69, 9.17) is 9.47 Å². The normalized spacial score (nSPS) is 18.0. The van der Waals surface area contributed by atoms with Gasteiger partial charge in [-0.15, -0.1) is 0 Å². The molecule has 82 valence electrons. The van der Waals surface area contributed by atoms with E-state index < -0.39 is 0 Å². The van der Waals surface area contributed by atoms with Gasteiger partial charge in [0.25, 0.3) is 0 Å². The number of ether oxygens (including phenoxy) is 2. The Balaban J connectivity index is 1.63. The summed E-state index contributed by atoms with van der Waals surface area (Å²) in [5.41, 5.74) is 1.12. The van der Waals surface area contributed by atoms with Crippen molar-refractivity contribution >= 4 is 5.97 Å². The predicted octanol–water partition coefficient (Wildman–Crippen LogP) is 1.52. The van der Waals surface area contributed by atoms with Crippen LogP contribution in [0.5, 0.6) is 0 Å². The molecule has 1 fully saturated rings. The van der Waals surface area contributed by atoms with E-state index in [1.807, 2.05) is 30.3 Å². The minimum atomic E-state index is -0.215. The molecule has 0 unspecified atom stereocenters. The van der Waals surface area contributed by atoms with Crippen LogP contribution in [0.4, 0.5) is 0 Å². The number of cyclic esters (lactones) is 1. The highest BCUT2D eigenvalue weighted by Crippen LogP contribution is 2.10. The van der Waals surface area contributed by atoms with Gasteiger partial charge in [0.2, 0.25) is 0 Å². The van der Waals surface area contributed by atoms with Gasteiger partial charge in [0.15, 0.2) is 6.10 Å². The first kappa shape index (κ1) is 10.7. The van der Waals surface area contributed by atoms with E-state index in [-0.39, 0.29) is 12.1 Å². The number of benzene rings is 1. The average Bonchev–Trinajstić information content (AvgIpc) is 2.27. The molecule has 0 spiro atoms. The van der Waals surface area contributed by atoms with Crippen molar-refractivity contribution < 1.29 is 14.3 Å². The molecule has 0 aliphatic carbocycles. The molecule has 1 heterocycles. The van der Waals surface area contributed by atoms with Gasteiger partial charge in [-0.3, -0.25) is 4.79 Å². The molecule has 16 heavy (non-hydrogen) atoms. The summed E-state index contributed by atoms with van der Waals surface area (Å²) in [5.74, 6) is 5.47. The average molecular weight is 216 g/mol. The highest BCUT2D eigenvalue weighted by molar-refractivity contribution is 5.76. The van der Waals surface area contributed by atoms with Crippen LogP contribution < -0.4 is 0 Å². The second kappa shape index (κ2) is 5.34. The molecule has 0 bridgehead atoms. The van der Waals surface area contributed by atoms with Crippen molar-refractivity contribution in [2.24, 2.45) is 0 Å². The van der Waals surface area contributed by atoms with Crippen LogP contribution in [0.15, 0.2) is 30.3 Å². The second-order valence-corrected chi connectivity index (χ2v) is 3.48. The van der Waals surface area contributed by atoms with Crippen molar-refractivity contribution in [2.75, 3.05) is 6.61 Å². The van der Waals surface area contributed by atoms with Crippen molar-refractivity contribution in [3.63, 3.8) is 0 Å². The van der Waals surface area contributed by atoms with E-state index in [1.54, 1.807) is 0 Å². The molecule has 1 aliphatic heterocycles. The summed E-state index contributed by atoms with van der Waals surface area (Å²) in [6.07, 6.45) is 0.193. The second-order valence-electron chi connectivity index (χ2n) is 3.48. The van der Waals surface area contributed by atoms with Gasteiger partial charge in [0.1, 0.15) is 6.61 Å². The molecule has 2 rings (SSSR count). The smallest absolute Gasteiger partial charge is 0.311 e. The SMILES string of the molecule is O=C1C[C@@H](C#CCOCc2ccccc2)O1. The Hall–Kier alpha value is -1.79. The molecule has 1 atom stereocenters. The van der Waals surface area contributed by atoms with Crippen LogP contribution in [0.25, 0.3) is 0 Å².